The summed E-state index contributed by atoms with van der Waals surface area (Å²) in [6, 6.07) is 8.26. The maximum atomic E-state index is 9.23. The van der Waals surface area contributed by atoms with Gasteiger partial charge in [0, 0.05) is 18.8 Å². The predicted octanol–water partition coefficient (Wildman–Crippen LogP) is 0.369. The van der Waals surface area contributed by atoms with Crippen molar-refractivity contribution >= 4 is 5.69 Å². The highest BCUT2D eigenvalue weighted by molar-refractivity contribution is 5.55. The molecular formula is C11H16N2O. The quantitative estimate of drug-likeness (QED) is 0.727. The summed E-state index contributed by atoms with van der Waals surface area (Å²) in [5.41, 5.74) is 8.05. The van der Waals surface area contributed by atoms with Crippen molar-refractivity contribution in [3.8, 4) is 0 Å². The molecule has 3 nitrogen and oxygen atoms in total. The van der Waals surface area contributed by atoms with Crippen molar-refractivity contribution in [2.75, 3.05) is 24.5 Å². The van der Waals surface area contributed by atoms with Gasteiger partial charge in [-0.25, -0.2) is 0 Å². The third-order valence-electron chi connectivity index (χ3n) is 2.61. The summed E-state index contributed by atoms with van der Waals surface area (Å²) >= 11 is 0. The van der Waals surface area contributed by atoms with E-state index in [-0.39, 0.29) is 6.10 Å². The van der Waals surface area contributed by atoms with Crippen molar-refractivity contribution in [3.63, 3.8) is 0 Å². The molecular weight excluding hydrogens is 176 g/mol. The van der Waals surface area contributed by atoms with Crippen molar-refractivity contribution in [1.29, 1.82) is 0 Å². The number of benzene rings is 1. The Labute approximate surface area is 84.1 Å². The normalized spacial score (nSPS) is 16.9. The molecule has 0 atom stereocenters. The number of anilines is 1. The van der Waals surface area contributed by atoms with Crippen LogP contribution in [0.1, 0.15) is 5.56 Å². The zero-order chi connectivity index (χ0) is 9.97. The van der Waals surface area contributed by atoms with E-state index < -0.39 is 0 Å². The fourth-order valence-corrected chi connectivity index (χ4v) is 1.84. The number of nitrogens with two attached hydrogens (primary N) is 1. The van der Waals surface area contributed by atoms with Crippen molar-refractivity contribution in [1.82, 2.24) is 0 Å². The van der Waals surface area contributed by atoms with Crippen molar-refractivity contribution in [2.24, 2.45) is 5.73 Å². The molecule has 1 aromatic rings. The Bertz CT molecular complexity index is 308. The lowest BCUT2D eigenvalue weighted by molar-refractivity contribution is 0.142. The minimum atomic E-state index is -0.152. The van der Waals surface area contributed by atoms with Gasteiger partial charge in [-0.3, -0.25) is 0 Å². The smallest absolute Gasteiger partial charge is 0.0889 e. The number of hydrogen-bond acceptors (Lipinski definition) is 3. The highest BCUT2D eigenvalue weighted by atomic mass is 16.3. The summed E-state index contributed by atoms with van der Waals surface area (Å²) in [7, 11) is 0. The summed E-state index contributed by atoms with van der Waals surface area (Å²) in [5.74, 6) is 0. The first kappa shape index (κ1) is 9.49. The van der Waals surface area contributed by atoms with Gasteiger partial charge in [-0.2, -0.15) is 0 Å². The first-order valence-corrected chi connectivity index (χ1v) is 5.02. The Balaban J connectivity index is 2.15. The SMILES string of the molecule is NCCc1ccccc1N1CC(O)C1. The predicted molar refractivity (Wildman–Crippen MR) is 57.4 cm³/mol. The van der Waals surface area contributed by atoms with Crippen LogP contribution in [0.2, 0.25) is 0 Å². The van der Waals surface area contributed by atoms with E-state index in [9.17, 15) is 5.11 Å². The Hall–Kier alpha value is -1.06. The van der Waals surface area contributed by atoms with Gasteiger partial charge < -0.3 is 15.7 Å². The molecule has 14 heavy (non-hydrogen) atoms. The molecule has 1 aliphatic rings. The molecule has 1 aromatic carbocycles. The van der Waals surface area contributed by atoms with Crippen LogP contribution < -0.4 is 10.6 Å². The van der Waals surface area contributed by atoms with Crippen LogP contribution in [0.15, 0.2) is 24.3 Å². The average Bonchev–Trinajstić information content (AvgIpc) is 2.15. The molecule has 1 aliphatic heterocycles. The van der Waals surface area contributed by atoms with Crippen LogP contribution >= 0.6 is 0 Å². The van der Waals surface area contributed by atoms with E-state index in [1.807, 2.05) is 12.1 Å². The molecule has 76 valence electrons. The maximum absolute atomic E-state index is 9.23. The standard InChI is InChI=1S/C11H16N2O/c12-6-5-9-3-1-2-4-11(9)13-7-10(14)8-13/h1-4,10,14H,5-8,12H2. The second-order valence-corrected chi connectivity index (χ2v) is 3.73. The minimum absolute atomic E-state index is 0.152. The van der Waals surface area contributed by atoms with Gasteiger partial charge in [0.2, 0.25) is 0 Å². The van der Waals surface area contributed by atoms with Crippen LogP contribution in [0.3, 0.4) is 0 Å². The van der Waals surface area contributed by atoms with Gasteiger partial charge in [0.25, 0.3) is 0 Å². The third kappa shape index (κ3) is 1.74. The van der Waals surface area contributed by atoms with Crippen molar-refractivity contribution < 1.29 is 5.11 Å². The Kier molecular flexibility index (Phi) is 2.70. The highest BCUT2D eigenvalue weighted by Crippen LogP contribution is 2.25. The van der Waals surface area contributed by atoms with Gasteiger partial charge in [-0.05, 0) is 24.6 Å². The number of nitrogens with zero attached hydrogens (tertiary/aromatic N) is 1. The van der Waals surface area contributed by atoms with Crippen LogP contribution in [0.5, 0.6) is 0 Å². The molecule has 0 aromatic heterocycles. The lowest BCUT2D eigenvalue weighted by atomic mass is 10.0. The van der Waals surface area contributed by atoms with E-state index in [1.54, 1.807) is 0 Å². The lowest BCUT2D eigenvalue weighted by Crippen LogP contribution is -2.51. The lowest BCUT2D eigenvalue weighted by Gasteiger charge is -2.39. The Morgan fingerprint density at radius 3 is 2.71 bits per heavy atom. The summed E-state index contributed by atoms with van der Waals surface area (Å²) in [5, 5.41) is 9.23. The average molecular weight is 192 g/mol. The number of rotatable bonds is 3. The molecule has 0 aliphatic carbocycles. The summed E-state index contributed by atoms with van der Waals surface area (Å²) in [6.07, 6.45) is 0.754. The van der Waals surface area contributed by atoms with Crippen molar-refractivity contribution in [3.05, 3.63) is 29.8 Å². The van der Waals surface area contributed by atoms with E-state index >= 15 is 0 Å². The number of para-hydroxylation sites is 1. The zero-order valence-electron chi connectivity index (χ0n) is 8.19. The summed E-state index contributed by atoms with van der Waals surface area (Å²) < 4.78 is 0. The first-order chi connectivity index (χ1) is 6.81. The van der Waals surface area contributed by atoms with Crippen LogP contribution in [-0.4, -0.2) is 30.8 Å². The molecule has 2 rings (SSSR count). The van der Waals surface area contributed by atoms with E-state index in [1.165, 1.54) is 11.3 Å². The van der Waals surface area contributed by atoms with Crippen LogP contribution in [-0.2, 0) is 6.42 Å². The molecule has 0 bridgehead atoms. The molecule has 0 spiro atoms. The number of β-amino-alcohol motifs (C(OH)–C–C–N with tert-alkyl or cyclic N) is 1. The maximum Gasteiger partial charge on any atom is 0.0889 e. The van der Waals surface area contributed by atoms with Gasteiger partial charge >= 0.3 is 0 Å². The largest absolute Gasteiger partial charge is 0.389 e. The second-order valence-electron chi connectivity index (χ2n) is 3.73. The third-order valence-corrected chi connectivity index (χ3v) is 2.61. The highest BCUT2D eigenvalue weighted by Gasteiger charge is 2.25. The molecule has 0 radical (unpaired) electrons. The van der Waals surface area contributed by atoms with Gasteiger partial charge in [0.15, 0.2) is 0 Å². The fraction of sp³-hybridized carbons (Fsp3) is 0.455. The topological polar surface area (TPSA) is 49.5 Å². The number of hydrogen-bond donors (Lipinski definition) is 2. The van der Waals surface area contributed by atoms with Crippen LogP contribution in [0, 0.1) is 0 Å². The Morgan fingerprint density at radius 2 is 2.07 bits per heavy atom. The van der Waals surface area contributed by atoms with Crippen LogP contribution in [0.25, 0.3) is 0 Å². The van der Waals surface area contributed by atoms with E-state index in [2.05, 4.69) is 17.0 Å². The molecule has 0 saturated carbocycles. The second kappa shape index (κ2) is 3.98. The molecule has 0 unspecified atom stereocenters. The van der Waals surface area contributed by atoms with E-state index in [0.717, 1.165) is 19.5 Å². The molecule has 0 amide bonds. The van der Waals surface area contributed by atoms with Crippen molar-refractivity contribution in [2.45, 2.75) is 12.5 Å². The molecule has 1 heterocycles. The van der Waals surface area contributed by atoms with Crippen LogP contribution in [0.4, 0.5) is 5.69 Å². The van der Waals surface area contributed by atoms with Gasteiger partial charge in [-0.1, -0.05) is 18.2 Å². The summed E-state index contributed by atoms with van der Waals surface area (Å²) in [6.45, 7) is 2.18. The first-order valence-electron chi connectivity index (χ1n) is 5.02. The number of aliphatic hydroxyl groups is 1. The zero-order valence-corrected chi connectivity index (χ0v) is 8.19. The van der Waals surface area contributed by atoms with Gasteiger partial charge in [-0.15, -0.1) is 0 Å². The number of aliphatic hydroxyl groups excluding tert-OH is 1. The van der Waals surface area contributed by atoms with E-state index in [4.69, 9.17) is 5.73 Å². The monoisotopic (exact) mass is 192 g/mol. The minimum Gasteiger partial charge on any atom is -0.389 e. The molecule has 3 N–H and O–H groups in total. The molecule has 1 saturated heterocycles. The van der Waals surface area contributed by atoms with E-state index in [0.29, 0.717) is 6.54 Å². The Morgan fingerprint density at radius 1 is 1.36 bits per heavy atom. The summed E-state index contributed by atoms with van der Waals surface area (Å²) in [4.78, 5) is 2.19. The molecule has 3 heteroatoms. The fourth-order valence-electron chi connectivity index (χ4n) is 1.84. The van der Waals surface area contributed by atoms with Gasteiger partial charge in [0.05, 0.1) is 6.10 Å². The molecule has 1 fully saturated rings. The van der Waals surface area contributed by atoms with Gasteiger partial charge in [0.1, 0.15) is 0 Å².